The zero-order valence-corrected chi connectivity index (χ0v) is 15.8. The van der Waals surface area contributed by atoms with Gasteiger partial charge in [0.1, 0.15) is 0 Å². The molecule has 0 atom stereocenters. The number of hydrogen-bond acceptors (Lipinski definition) is 5. The van der Waals surface area contributed by atoms with Gasteiger partial charge >= 0.3 is 0 Å². The maximum atomic E-state index is 9.16. The van der Waals surface area contributed by atoms with Gasteiger partial charge in [0.15, 0.2) is 5.82 Å². The molecule has 0 spiro atoms. The molecule has 5 nitrogen and oxygen atoms in total. The zero-order chi connectivity index (χ0) is 18.8. The molecule has 27 heavy (non-hydrogen) atoms. The van der Waals surface area contributed by atoms with Gasteiger partial charge in [-0.25, -0.2) is 4.98 Å². The van der Waals surface area contributed by atoms with Gasteiger partial charge in [0.2, 0.25) is 5.95 Å². The number of hydrogen-bond donors (Lipinski definition) is 1. The molecule has 0 amide bonds. The number of fused-ring (bicyclic) bond motifs is 1. The predicted molar refractivity (Wildman–Crippen MR) is 112 cm³/mol. The van der Waals surface area contributed by atoms with Gasteiger partial charge in [0, 0.05) is 5.39 Å². The van der Waals surface area contributed by atoms with Crippen LogP contribution >= 0.6 is 16.1 Å². The van der Waals surface area contributed by atoms with E-state index in [0.717, 1.165) is 27.7 Å². The first kappa shape index (κ1) is 17.0. The van der Waals surface area contributed by atoms with Crippen LogP contribution in [0.2, 0.25) is 0 Å². The van der Waals surface area contributed by atoms with Gasteiger partial charge in [-0.05, 0) is 47.5 Å². The summed E-state index contributed by atoms with van der Waals surface area (Å²) >= 11 is 3.60. The SMILES string of the molecule is N#Cc1cccc(-c2ccc3nc(N)nc(N(Br)c4ccccc4)c3c2)c1. The lowest BCUT2D eigenvalue weighted by Gasteiger charge is -2.18. The molecule has 0 unspecified atom stereocenters. The molecule has 1 heterocycles. The minimum absolute atomic E-state index is 0.206. The van der Waals surface area contributed by atoms with Crippen molar-refractivity contribution in [3.63, 3.8) is 0 Å². The molecular weight excluding hydrogens is 402 g/mol. The average molecular weight is 416 g/mol. The highest BCUT2D eigenvalue weighted by Gasteiger charge is 2.15. The summed E-state index contributed by atoms with van der Waals surface area (Å²) in [7, 11) is 0. The fourth-order valence-corrected chi connectivity index (χ4v) is 3.42. The number of anilines is 3. The van der Waals surface area contributed by atoms with E-state index in [1.165, 1.54) is 0 Å². The molecule has 0 bridgehead atoms. The molecule has 2 N–H and O–H groups in total. The Morgan fingerprint density at radius 3 is 2.44 bits per heavy atom. The quantitative estimate of drug-likeness (QED) is 0.465. The molecule has 1 aromatic heterocycles. The molecule has 0 aliphatic heterocycles. The maximum absolute atomic E-state index is 9.16. The number of nitrogens with zero attached hydrogens (tertiary/aromatic N) is 4. The zero-order valence-electron chi connectivity index (χ0n) is 14.2. The molecule has 4 aromatic rings. The van der Waals surface area contributed by atoms with E-state index in [-0.39, 0.29) is 5.95 Å². The highest BCUT2D eigenvalue weighted by molar-refractivity contribution is 9.10. The smallest absolute Gasteiger partial charge is 0.222 e. The van der Waals surface area contributed by atoms with Crippen molar-refractivity contribution in [1.29, 1.82) is 5.26 Å². The van der Waals surface area contributed by atoms with Gasteiger partial charge in [-0.1, -0.05) is 36.4 Å². The highest BCUT2D eigenvalue weighted by atomic mass is 79.9. The van der Waals surface area contributed by atoms with Gasteiger partial charge in [-0.15, -0.1) is 0 Å². The number of nitrogens with two attached hydrogens (primary N) is 1. The van der Waals surface area contributed by atoms with Crippen LogP contribution in [0.5, 0.6) is 0 Å². The lowest BCUT2D eigenvalue weighted by Crippen LogP contribution is -2.07. The van der Waals surface area contributed by atoms with E-state index in [0.29, 0.717) is 11.4 Å². The van der Waals surface area contributed by atoms with Gasteiger partial charge < -0.3 is 5.73 Å². The molecule has 6 heteroatoms. The number of halogens is 1. The normalized spacial score (nSPS) is 10.5. The summed E-state index contributed by atoms with van der Waals surface area (Å²) in [5, 5.41) is 10.0. The fraction of sp³-hybridized carbons (Fsp3) is 0. The van der Waals surface area contributed by atoms with Crippen LogP contribution in [0.1, 0.15) is 5.56 Å². The van der Waals surface area contributed by atoms with Crippen molar-refractivity contribution < 1.29 is 0 Å². The van der Waals surface area contributed by atoms with Crippen LogP contribution in [-0.2, 0) is 0 Å². The van der Waals surface area contributed by atoms with E-state index in [1.807, 2.05) is 70.7 Å². The van der Waals surface area contributed by atoms with Crippen LogP contribution in [0.3, 0.4) is 0 Å². The van der Waals surface area contributed by atoms with E-state index >= 15 is 0 Å². The molecule has 0 aliphatic rings. The Morgan fingerprint density at radius 2 is 1.67 bits per heavy atom. The first-order valence-electron chi connectivity index (χ1n) is 8.24. The third-order valence-electron chi connectivity index (χ3n) is 4.19. The number of aromatic nitrogens is 2. The number of nitriles is 1. The molecule has 3 aromatic carbocycles. The first-order chi connectivity index (χ1) is 13.2. The number of rotatable bonds is 3. The summed E-state index contributed by atoms with van der Waals surface area (Å²) in [6.07, 6.45) is 0. The molecule has 0 saturated heterocycles. The van der Waals surface area contributed by atoms with Crippen molar-refractivity contribution in [2.45, 2.75) is 0 Å². The maximum Gasteiger partial charge on any atom is 0.222 e. The molecule has 0 saturated carbocycles. The molecule has 0 fully saturated rings. The third-order valence-corrected chi connectivity index (χ3v) is 4.93. The lowest BCUT2D eigenvalue weighted by molar-refractivity contribution is 1.21. The van der Waals surface area contributed by atoms with Crippen LogP contribution in [0.4, 0.5) is 17.5 Å². The first-order valence-corrected chi connectivity index (χ1v) is 8.95. The number of benzene rings is 3. The molecular formula is C21H14BrN5. The average Bonchev–Trinajstić information content (AvgIpc) is 2.73. The van der Waals surface area contributed by atoms with Crippen LogP contribution in [-0.4, -0.2) is 9.97 Å². The topological polar surface area (TPSA) is 78.8 Å². The summed E-state index contributed by atoms with van der Waals surface area (Å²) < 4.78 is 1.81. The van der Waals surface area contributed by atoms with Crippen molar-refractivity contribution in [1.82, 2.24) is 9.97 Å². The Morgan fingerprint density at radius 1 is 0.889 bits per heavy atom. The largest absolute Gasteiger partial charge is 0.368 e. The summed E-state index contributed by atoms with van der Waals surface area (Å²) in [4.78, 5) is 8.79. The van der Waals surface area contributed by atoms with E-state index < -0.39 is 0 Å². The highest BCUT2D eigenvalue weighted by Crippen LogP contribution is 2.35. The summed E-state index contributed by atoms with van der Waals surface area (Å²) in [5.74, 6) is 0.860. The van der Waals surface area contributed by atoms with Gasteiger partial charge in [-0.2, -0.15) is 10.2 Å². The van der Waals surface area contributed by atoms with Crippen molar-refractivity contribution in [2.24, 2.45) is 0 Å². The second-order valence-corrected chi connectivity index (χ2v) is 6.66. The third kappa shape index (κ3) is 3.33. The Labute approximate surface area is 165 Å². The minimum atomic E-state index is 0.206. The van der Waals surface area contributed by atoms with Crippen LogP contribution in [0.25, 0.3) is 22.0 Å². The van der Waals surface area contributed by atoms with E-state index in [9.17, 15) is 0 Å². The molecule has 4 rings (SSSR count). The van der Waals surface area contributed by atoms with E-state index in [1.54, 1.807) is 6.07 Å². The van der Waals surface area contributed by atoms with Crippen molar-refractivity contribution in [3.8, 4) is 17.2 Å². The Kier molecular flexibility index (Phi) is 4.45. The van der Waals surface area contributed by atoms with Crippen molar-refractivity contribution in [3.05, 3.63) is 78.4 Å². The van der Waals surface area contributed by atoms with Gasteiger partial charge in [0.25, 0.3) is 0 Å². The van der Waals surface area contributed by atoms with Crippen molar-refractivity contribution in [2.75, 3.05) is 9.66 Å². The van der Waals surface area contributed by atoms with Gasteiger partial charge in [0.05, 0.1) is 39.0 Å². The Hall–Kier alpha value is -3.43. The standard InChI is InChI=1S/C21H14BrN5/c22-27(17-7-2-1-3-8-17)20-18-12-16(9-10-19(18)25-21(24)26-20)15-6-4-5-14(11-15)13-23/h1-12H,(H2,24,25,26). The monoisotopic (exact) mass is 415 g/mol. The Bertz CT molecular complexity index is 1170. The number of nitrogen functional groups attached to an aromatic ring is 1. The van der Waals surface area contributed by atoms with E-state index in [4.69, 9.17) is 11.0 Å². The molecule has 0 radical (unpaired) electrons. The van der Waals surface area contributed by atoms with E-state index in [2.05, 4.69) is 32.2 Å². The van der Waals surface area contributed by atoms with Crippen LogP contribution in [0.15, 0.2) is 72.8 Å². The van der Waals surface area contributed by atoms with Gasteiger partial charge in [-0.3, -0.25) is 3.93 Å². The predicted octanol–water partition coefficient (Wildman–Crippen LogP) is 5.20. The Balaban J connectivity index is 1.90. The summed E-state index contributed by atoms with van der Waals surface area (Å²) in [6, 6.07) is 25.4. The molecule has 130 valence electrons. The summed E-state index contributed by atoms with van der Waals surface area (Å²) in [6.45, 7) is 0. The number of para-hydroxylation sites is 1. The minimum Gasteiger partial charge on any atom is -0.368 e. The second kappa shape index (κ2) is 7.06. The lowest BCUT2D eigenvalue weighted by atomic mass is 10.0. The van der Waals surface area contributed by atoms with Crippen molar-refractivity contribution >= 4 is 44.5 Å². The molecule has 0 aliphatic carbocycles. The summed E-state index contributed by atoms with van der Waals surface area (Å²) in [5.41, 5.74) is 10.1. The van der Waals surface area contributed by atoms with Crippen LogP contribution < -0.4 is 9.66 Å². The fourth-order valence-electron chi connectivity index (χ4n) is 2.91. The van der Waals surface area contributed by atoms with Crippen LogP contribution in [0, 0.1) is 11.3 Å². The second-order valence-electron chi connectivity index (χ2n) is 5.95.